The fourth-order valence-corrected chi connectivity index (χ4v) is 10.4. The van der Waals surface area contributed by atoms with Gasteiger partial charge in [-0.05, 0) is 113 Å². The molecule has 14 nitrogen and oxygen atoms in total. The number of alkyl halides is 2. The number of amides is 2. The normalized spacial score (nSPS) is 23.1. The molecule has 62 heavy (non-hydrogen) atoms. The number of aryl methyl sites for hydroxylation is 2. The molecule has 2 amide bonds. The summed E-state index contributed by atoms with van der Waals surface area (Å²) in [5.41, 5.74) is 4.07. The fourth-order valence-electron chi connectivity index (χ4n) is 10.3. The molecule has 17 heteroatoms. The molecule has 3 saturated heterocycles. The third-order valence-corrected chi connectivity index (χ3v) is 14.4. The van der Waals surface area contributed by atoms with Gasteiger partial charge in [0, 0.05) is 56.1 Å². The topological polar surface area (TPSA) is 152 Å². The van der Waals surface area contributed by atoms with Crippen molar-refractivity contribution in [2.45, 2.75) is 88.1 Å². The second-order valence-electron chi connectivity index (χ2n) is 18.0. The summed E-state index contributed by atoms with van der Waals surface area (Å²) < 4.78 is 39.2. The zero-order valence-electron chi connectivity index (χ0n) is 35.1. The van der Waals surface area contributed by atoms with Crippen molar-refractivity contribution in [2.24, 2.45) is 25.9 Å². The predicted molar refractivity (Wildman–Crippen MR) is 234 cm³/mol. The van der Waals surface area contributed by atoms with E-state index in [1.807, 2.05) is 23.9 Å². The number of nitrogens with zero attached hydrogens (tertiary/aromatic N) is 7. The van der Waals surface area contributed by atoms with Gasteiger partial charge in [-0.25, -0.2) is 13.8 Å². The summed E-state index contributed by atoms with van der Waals surface area (Å²) >= 11 is 6.65. The van der Waals surface area contributed by atoms with Gasteiger partial charge in [-0.2, -0.15) is 10.1 Å². The van der Waals surface area contributed by atoms with Gasteiger partial charge in [0.25, 0.3) is 5.56 Å². The van der Waals surface area contributed by atoms with Crippen LogP contribution in [0.1, 0.15) is 81.4 Å². The Morgan fingerprint density at radius 3 is 2.45 bits per heavy atom. The lowest BCUT2D eigenvalue weighted by molar-refractivity contribution is -0.134. The first-order valence-electron chi connectivity index (χ1n) is 21.9. The molecule has 1 saturated carbocycles. The van der Waals surface area contributed by atoms with Crippen LogP contribution in [-0.4, -0.2) is 91.8 Å². The molecule has 4 fully saturated rings. The number of pyridine rings is 1. The number of benzene rings is 2. The Hall–Kier alpha value is -5.35. The number of imide groups is 1. The summed E-state index contributed by atoms with van der Waals surface area (Å²) in [5, 5.41) is 15.5. The maximum Gasteiger partial charge on any atom is 0.301 e. The molecule has 2 unspecified atom stereocenters. The van der Waals surface area contributed by atoms with E-state index in [9.17, 15) is 14.4 Å². The molecule has 1 aliphatic carbocycles. The van der Waals surface area contributed by atoms with Crippen LogP contribution < -0.4 is 31.1 Å². The van der Waals surface area contributed by atoms with Crippen molar-refractivity contribution in [3.63, 3.8) is 0 Å². The molecular weight excluding hydrogens is 818 g/mol. The van der Waals surface area contributed by atoms with Gasteiger partial charge in [-0.15, -0.1) is 0 Å². The largest absolute Gasteiger partial charge is 0.480 e. The van der Waals surface area contributed by atoms with E-state index in [0.29, 0.717) is 76.9 Å². The van der Waals surface area contributed by atoms with Crippen LogP contribution in [0.3, 0.4) is 0 Å². The number of rotatable bonds is 8. The number of carbonyl (C=O) groups is 2. The highest BCUT2D eigenvalue weighted by Crippen LogP contribution is 2.46. The molecule has 5 aliphatic rings. The van der Waals surface area contributed by atoms with E-state index in [0.717, 1.165) is 68.5 Å². The van der Waals surface area contributed by atoms with E-state index in [2.05, 4.69) is 55.9 Å². The second-order valence-corrected chi connectivity index (χ2v) is 18.4. The number of aromatic nitrogens is 5. The van der Waals surface area contributed by atoms with Crippen LogP contribution in [0.15, 0.2) is 47.4 Å². The van der Waals surface area contributed by atoms with Gasteiger partial charge in [-0.3, -0.25) is 24.4 Å². The summed E-state index contributed by atoms with van der Waals surface area (Å²) in [6, 6.07) is 11.3. The molecule has 326 valence electrons. The number of nitrogens with one attached hydrogen (secondary N) is 3. The van der Waals surface area contributed by atoms with E-state index in [1.54, 1.807) is 19.3 Å². The molecule has 2 aromatic carbocycles. The summed E-state index contributed by atoms with van der Waals surface area (Å²) in [6.07, 6.45) is 7.97. The van der Waals surface area contributed by atoms with Gasteiger partial charge in [0.2, 0.25) is 23.5 Å². The quantitative estimate of drug-likeness (QED) is 0.141. The minimum Gasteiger partial charge on any atom is -0.480 e. The van der Waals surface area contributed by atoms with Gasteiger partial charge >= 0.3 is 5.92 Å². The first-order valence-corrected chi connectivity index (χ1v) is 22.2. The van der Waals surface area contributed by atoms with Gasteiger partial charge < -0.3 is 29.7 Å². The number of halogens is 3. The van der Waals surface area contributed by atoms with Crippen molar-refractivity contribution in [1.29, 1.82) is 0 Å². The van der Waals surface area contributed by atoms with E-state index in [4.69, 9.17) is 26.4 Å². The zero-order chi connectivity index (χ0) is 43.0. The highest BCUT2D eigenvalue weighted by atomic mass is 35.5. The average Bonchev–Trinajstić information content (AvgIpc) is 4.08. The van der Waals surface area contributed by atoms with Gasteiger partial charge in [-0.1, -0.05) is 23.7 Å². The van der Waals surface area contributed by atoms with Crippen LogP contribution in [0, 0.1) is 11.8 Å². The van der Waals surface area contributed by atoms with Crippen molar-refractivity contribution in [1.82, 2.24) is 34.5 Å². The molecule has 3 atom stereocenters. The monoisotopic (exact) mass is 868 g/mol. The highest BCUT2D eigenvalue weighted by Gasteiger charge is 2.51. The molecule has 3 aromatic heterocycles. The minimum atomic E-state index is -3.13. The van der Waals surface area contributed by atoms with E-state index in [1.165, 1.54) is 10.1 Å². The van der Waals surface area contributed by atoms with Crippen molar-refractivity contribution in [3.8, 4) is 5.75 Å². The number of hydrogen-bond donors (Lipinski definition) is 3. The van der Waals surface area contributed by atoms with E-state index < -0.39 is 30.0 Å². The molecule has 7 heterocycles. The third kappa shape index (κ3) is 7.41. The number of fused-ring (bicyclic) bond motifs is 4. The van der Waals surface area contributed by atoms with Gasteiger partial charge in [0.05, 0.1) is 40.6 Å². The first-order chi connectivity index (χ1) is 29.8. The Labute approximate surface area is 362 Å². The Morgan fingerprint density at radius 1 is 0.935 bits per heavy atom. The smallest absolute Gasteiger partial charge is 0.301 e. The molecule has 10 rings (SSSR count). The average molecular weight is 869 g/mol. The van der Waals surface area contributed by atoms with E-state index >= 15 is 8.78 Å². The maximum absolute atomic E-state index is 15.2. The lowest BCUT2D eigenvalue weighted by atomic mass is 9.85. The maximum atomic E-state index is 15.2. The zero-order valence-corrected chi connectivity index (χ0v) is 35.9. The number of likely N-dealkylation sites (tertiary alicyclic amines) is 1. The molecule has 0 spiro atoms. The van der Waals surface area contributed by atoms with E-state index in [-0.39, 0.29) is 29.2 Å². The lowest BCUT2D eigenvalue weighted by Crippen LogP contribution is -2.47. The summed E-state index contributed by atoms with van der Waals surface area (Å²) in [4.78, 5) is 51.9. The minimum absolute atomic E-state index is 0.104. The van der Waals surface area contributed by atoms with Crippen molar-refractivity contribution >= 4 is 68.4 Å². The van der Waals surface area contributed by atoms with Crippen molar-refractivity contribution in [2.75, 3.05) is 48.3 Å². The summed E-state index contributed by atoms with van der Waals surface area (Å²) in [7, 11) is 3.53. The molecule has 5 aromatic rings. The first kappa shape index (κ1) is 40.7. The number of ether oxygens (including phenoxy) is 1. The molecule has 0 radical (unpaired) electrons. The second kappa shape index (κ2) is 15.8. The van der Waals surface area contributed by atoms with Crippen LogP contribution in [-0.2, 0) is 23.7 Å². The summed E-state index contributed by atoms with van der Waals surface area (Å²) in [5.74, 6) is -2.33. The lowest BCUT2D eigenvalue weighted by Gasteiger charge is -2.42. The Bertz CT molecular complexity index is 2650. The number of carbonyl (C=O) groups excluding carboxylic acids is 2. The Kier molecular flexibility index (Phi) is 10.4. The molecule has 4 aliphatic heterocycles. The predicted octanol–water partition coefficient (Wildman–Crippen LogP) is 6.84. The third-order valence-electron chi connectivity index (χ3n) is 14.2. The number of piperidine rings is 3. The van der Waals surface area contributed by atoms with Crippen LogP contribution in [0.2, 0.25) is 5.02 Å². The van der Waals surface area contributed by atoms with Gasteiger partial charge in [0.15, 0.2) is 12.4 Å². The van der Waals surface area contributed by atoms with Crippen LogP contribution >= 0.6 is 11.6 Å². The van der Waals surface area contributed by atoms with Crippen LogP contribution in [0.5, 0.6) is 5.75 Å². The van der Waals surface area contributed by atoms with Crippen LogP contribution in [0.4, 0.5) is 31.9 Å². The highest BCUT2D eigenvalue weighted by molar-refractivity contribution is 6.33. The van der Waals surface area contributed by atoms with Gasteiger partial charge in [0.1, 0.15) is 5.02 Å². The molecule has 3 N–H and O–H groups in total. The number of anilines is 4. The standard InChI is InChI=1S/C45H51ClF2N10O4/c1-24(57-16-14-26(15-17-57)28-6-8-30-35(20-28)56(3)54-37(30)31-9-11-36(59)51-42(31)60)25-12-18-58(19-13-25)44-49-22-33(46)41(53-44)50-29-7-10-34-32(21-29)38-39(43(61)55(34)2)62-23-45(47,48)40(52-38)27-4-5-27/h6-8,10,20-22,24-27,31,40,52H,4-5,9,11-19,23H2,1-3H3,(H,49,50,53)(H,51,59,60)/t24-,31?,40?/m1/s1. The summed E-state index contributed by atoms with van der Waals surface area (Å²) in [6.45, 7) is 5.18. The SMILES string of the molecule is C[C@H](C1CCN(c2ncc(Cl)c(Nc3ccc4c(c3)c3c(c(=O)n4C)OCC(F)(F)C(C4CC4)N3)n2)CC1)N1CCC(c2ccc3c(C4CCC(=O)NC4=O)nn(C)c3c2)CC1. The van der Waals surface area contributed by atoms with Crippen LogP contribution in [0.25, 0.3) is 21.8 Å². The Morgan fingerprint density at radius 2 is 1.71 bits per heavy atom. The fraction of sp³-hybridized carbons (Fsp3) is 0.511. The Balaban J connectivity index is 0.776. The van der Waals surface area contributed by atoms with Crippen molar-refractivity contribution in [3.05, 3.63) is 69.2 Å². The molecule has 0 bridgehead atoms. The molecular formula is C45H51ClF2N10O4. The van der Waals surface area contributed by atoms with Crippen molar-refractivity contribution < 1.29 is 23.1 Å². The number of hydrogen-bond acceptors (Lipinski definition) is 11.